The van der Waals surface area contributed by atoms with Gasteiger partial charge in [-0.2, -0.15) is 0 Å². The Morgan fingerprint density at radius 3 is 2.61 bits per heavy atom. The van der Waals surface area contributed by atoms with Gasteiger partial charge in [-0.05, 0) is 56.2 Å². The summed E-state index contributed by atoms with van der Waals surface area (Å²) in [5, 5.41) is 17.1. The number of aryl methyl sites for hydroxylation is 1. The number of aromatic nitrogens is 1. The molecule has 0 spiro atoms. The fraction of sp³-hybridized carbons (Fsp3) is 0.450. The molecule has 0 radical (unpaired) electrons. The number of anilines is 1. The number of hydrogen-bond donors (Lipinski definition) is 2. The van der Waals surface area contributed by atoms with E-state index in [-0.39, 0.29) is 51.4 Å². The van der Waals surface area contributed by atoms with Gasteiger partial charge in [0.15, 0.2) is 0 Å². The number of rotatable bonds is 5. The molecule has 2 N–H and O–H groups in total. The smallest absolute Gasteiger partial charge is 0.548 e. The number of nitrogens with zero attached hydrogens (tertiary/aromatic N) is 1. The summed E-state index contributed by atoms with van der Waals surface area (Å²) in [7, 11) is 0. The van der Waals surface area contributed by atoms with Crippen molar-refractivity contribution in [3.8, 4) is 11.5 Å². The average Bonchev–Trinajstić information content (AvgIpc) is 3.18. The monoisotopic (exact) mass is 409 g/mol. The van der Waals surface area contributed by atoms with Crippen LogP contribution in [0.1, 0.15) is 44.6 Å². The van der Waals surface area contributed by atoms with Gasteiger partial charge >= 0.3 is 57.4 Å². The number of carboxylic acid groups (broad SMARTS) is 1. The number of urea groups is 1. The van der Waals surface area contributed by atoms with E-state index >= 15 is 0 Å². The summed E-state index contributed by atoms with van der Waals surface area (Å²) in [6, 6.07) is 4.79. The summed E-state index contributed by atoms with van der Waals surface area (Å²) < 4.78 is 5.32. The van der Waals surface area contributed by atoms with Crippen LogP contribution in [-0.2, 0) is 4.79 Å². The number of amides is 2. The second-order valence-corrected chi connectivity index (χ2v) is 7.17. The van der Waals surface area contributed by atoms with Gasteiger partial charge in [0, 0.05) is 11.3 Å². The molecule has 0 aliphatic heterocycles. The molecule has 1 aliphatic carbocycles. The molecule has 28 heavy (non-hydrogen) atoms. The van der Waals surface area contributed by atoms with Crippen LogP contribution in [0.2, 0.25) is 0 Å². The zero-order chi connectivity index (χ0) is 19.4. The molecule has 0 atom stereocenters. The third-order valence-electron chi connectivity index (χ3n) is 5.44. The minimum Gasteiger partial charge on any atom is -0.548 e. The second-order valence-electron chi connectivity index (χ2n) is 7.17. The Balaban J connectivity index is 0.00000280. The first-order valence-corrected chi connectivity index (χ1v) is 9.24. The number of nitrogens with one attached hydrogen (secondary N) is 2. The largest absolute Gasteiger partial charge is 1.00 e. The summed E-state index contributed by atoms with van der Waals surface area (Å²) in [5.74, 6) is -0.264. The van der Waals surface area contributed by atoms with Gasteiger partial charge in [-0.3, -0.25) is 0 Å². The van der Waals surface area contributed by atoms with Crippen LogP contribution >= 0.6 is 0 Å². The van der Waals surface area contributed by atoms with Gasteiger partial charge in [-0.25, -0.2) is 9.78 Å². The number of carbonyl (C=O) groups excluding carboxylic acids is 2. The second kappa shape index (κ2) is 10.0. The van der Waals surface area contributed by atoms with E-state index in [1.54, 1.807) is 18.3 Å². The van der Waals surface area contributed by atoms with Gasteiger partial charge in [0.25, 0.3) is 0 Å². The van der Waals surface area contributed by atoms with Crippen LogP contribution in [0.15, 0.2) is 35.1 Å². The van der Waals surface area contributed by atoms with Crippen LogP contribution < -0.4 is 67.1 Å². The third kappa shape index (κ3) is 5.24. The molecule has 8 heteroatoms. The molecule has 1 fully saturated rings. The van der Waals surface area contributed by atoms with E-state index in [0.717, 1.165) is 30.4 Å². The quantitative estimate of drug-likeness (QED) is 0.669. The fourth-order valence-corrected chi connectivity index (χ4v) is 3.63. The molecule has 3 rings (SSSR count). The Morgan fingerprint density at radius 2 is 2.04 bits per heavy atom. The van der Waals surface area contributed by atoms with Gasteiger partial charge in [0.2, 0.25) is 5.89 Å². The van der Waals surface area contributed by atoms with Crippen molar-refractivity contribution in [2.24, 2.45) is 5.92 Å². The predicted octanol–water partition coefficient (Wildman–Crippen LogP) is -0.136. The van der Waals surface area contributed by atoms with Crippen molar-refractivity contribution in [1.82, 2.24) is 10.3 Å². The first kappa shape index (κ1) is 23.1. The summed E-state index contributed by atoms with van der Waals surface area (Å²) in [6.07, 6.45) is 6.36. The Labute approximate surface area is 207 Å². The van der Waals surface area contributed by atoms with Crippen LogP contribution in [0, 0.1) is 12.8 Å². The Hall–Kier alpha value is -1.19. The number of carboxylic acids is 1. The molecule has 0 saturated heterocycles. The van der Waals surface area contributed by atoms with Crippen LogP contribution in [0.4, 0.5) is 10.5 Å². The maximum absolute atomic E-state index is 12.5. The topological polar surface area (TPSA) is 107 Å². The standard InChI is InChI=1S/C20H25N3O4.K/c1-3-14-6-8-20(9-7-14,18(24)25)23-19(26)22-15-5-4-13(2)16(12-15)17-21-10-11-27-17;/h4-5,10-12,14H,3,6-9H2,1-2H3,(H,24,25)(H2,22,23,26);/q;+1/p-1. The van der Waals surface area contributed by atoms with Gasteiger partial charge in [-0.15, -0.1) is 0 Å². The van der Waals surface area contributed by atoms with E-state index in [4.69, 9.17) is 4.42 Å². The SMILES string of the molecule is CCC1CCC(NC(=O)Nc2ccc(C)c(-c3ncco3)c2)(C(=O)[O-])CC1.[K+]. The molecule has 1 aromatic carbocycles. The van der Waals surface area contributed by atoms with Crippen molar-refractivity contribution in [1.29, 1.82) is 0 Å². The number of aliphatic carboxylic acids is 1. The van der Waals surface area contributed by atoms with Crippen LogP contribution in [0.25, 0.3) is 11.5 Å². The van der Waals surface area contributed by atoms with Crippen LogP contribution in [0.5, 0.6) is 0 Å². The molecule has 1 aromatic heterocycles. The molecule has 144 valence electrons. The number of oxazole rings is 1. The Kier molecular flexibility index (Phi) is 8.26. The zero-order valence-corrected chi connectivity index (χ0v) is 19.7. The van der Waals surface area contributed by atoms with Gasteiger partial charge in [0.05, 0.1) is 17.7 Å². The van der Waals surface area contributed by atoms with Gasteiger partial charge in [-0.1, -0.05) is 19.4 Å². The maximum atomic E-state index is 12.5. The first-order chi connectivity index (χ1) is 12.9. The third-order valence-corrected chi connectivity index (χ3v) is 5.44. The molecule has 1 aliphatic rings. The van der Waals surface area contributed by atoms with Crippen molar-refractivity contribution >= 4 is 17.7 Å². The van der Waals surface area contributed by atoms with Crippen molar-refractivity contribution in [2.45, 2.75) is 51.5 Å². The number of carbonyl (C=O) groups is 2. The summed E-state index contributed by atoms with van der Waals surface area (Å²) in [6.45, 7) is 4.01. The average molecular weight is 410 g/mol. The molecule has 1 heterocycles. The van der Waals surface area contributed by atoms with Crippen molar-refractivity contribution in [3.05, 3.63) is 36.2 Å². The first-order valence-electron chi connectivity index (χ1n) is 9.24. The van der Waals surface area contributed by atoms with Crippen LogP contribution in [-0.4, -0.2) is 22.5 Å². The molecule has 7 nitrogen and oxygen atoms in total. The fourth-order valence-electron chi connectivity index (χ4n) is 3.63. The van der Waals surface area contributed by atoms with Crippen molar-refractivity contribution in [2.75, 3.05) is 5.32 Å². The number of hydrogen-bond acceptors (Lipinski definition) is 5. The van der Waals surface area contributed by atoms with Crippen molar-refractivity contribution in [3.63, 3.8) is 0 Å². The van der Waals surface area contributed by atoms with E-state index in [0.29, 0.717) is 30.3 Å². The minimum absolute atomic E-state index is 0. The summed E-state index contributed by atoms with van der Waals surface area (Å²) in [4.78, 5) is 28.3. The summed E-state index contributed by atoms with van der Waals surface area (Å²) in [5.41, 5.74) is 0.927. The van der Waals surface area contributed by atoms with Crippen LogP contribution in [0.3, 0.4) is 0 Å². The molecular weight excluding hydrogens is 385 g/mol. The number of benzene rings is 1. The van der Waals surface area contributed by atoms with Crippen molar-refractivity contribution < 1.29 is 70.5 Å². The van der Waals surface area contributed by atoms with E-state index in [2.05, 4.69) is 22.5 Å². The van der Waals surface area contributed by atoms with E-state index in [9.17, 15) is 14.7 Å². The molecular formula is C20H24KN3O4. The Bertz CT molecular complexity index is 815. The Morgan fingerprint density at radius 1 is 1.32 bits per heavy atom. The molecule has 1 saturated carbocycles. The maximum Gasteiger partial charge on any atom is 1.00 e. The van der Waals surface area contributed by atoms with E-state index < -0.39 is 17.5 Å². The molecule has 0 unspecified atom stereocenters. The van der Waals surface area contributed by atoms with Gasteiger partial charge < -0.3 is 25.0 Å². The molecule has 0 bridgehead atoms. The molecule has 2 aromatic rings. The predicted molar refractivity (Wildman–Crippen MR) is 98.8 cm³/mol. The summed E-state index contributed by atoms with van der Waals surface area (Å²) >= 11 is 0. The molecule has 2 amide bonds. The minimum atomic E-state index is -1.31. The zero-order valence-electron chi connectivity index (χ0n) is 16.6. The van der Waals surface area contributed by atoms with E-state index in [1.807, 2.05) is 13.0 Å². The van der Waals surface area contributed by atoms with E-state index in [1.165, 1.54) is 6.26 Å². The van der Waals surface area contributed by atoms with Gasteiger partial charge in [0.1, 0.15) is 6.26 Å². The normalized spacial score (nSPS) is 21.4.